The van der Waals surface area contributed by atoms with Crippen molar-refractivity contribution in [2.75, 3.05) is 19.7 Å². The van der Waals surface area contributed by atoms with Gasteiger partial charge < -0.3 is 14.2 Å². The van der Waals surface area contributed by atoms with E-state index in [1.807, 2.05) is 32.6 Å². The van der Waals surface area contributed by atoms with Gasteiger partial charge in [0.05, 0.1) is 18.8 Å². The normalized spacial score (nSPS) is 19.5. The topological polar surface area (TPSA) is 97.1 Å². The van der Waals surface area contributed by atoms with Crippen LogP contribution in [0.25, 0.3) is 0 Å². The Morgan fingerprint density at radius 1 is 1.42 bits per heavy atom. The molecule has 1 saturated heterocycles. The number of aromatic amines is 1. The first kappa shape index (κ1) is 16.6. The number of nitrogens with zero attached hydrogens (tertiary/aromatic N) is 4. The summed E-state index contributed by atoms with van der Waals surface area (Å²) >= 11 is 0. The van der Waals surface area contributed by atoms with Crippen LogP contribution in [0.4, 0.5) is 0 Å². The van der Waals surface area contributed by atoms with E-state index < -0.39 is 0 Å². The van der Waals surface area contributed by atoms with Gasteiger partial charge in [-0.2, -0.15) is 5.10 Å². The van der Waals surface area contributed by atoms with Gasteiger partial charge in [0.1, 0.15) is 17.7 Å². The van der Waals surface area contributed by atoms with E-state index in [1.165, 1.54) is 0 Å². The highest BCUT2D eigenvalue weighted by molar-refractivity contribution is 5.79. The zero-order valence-electron chi connectivity index (χ0n) is 14.5. The number of nitrogens with one attached hydrogen (secondary N) is 1. The molecule has 0 aliphatic carbocycles. The first-order chi connectivity index (χ1) is 11.5. The van der Waals surface area contributed by atoms with Gasteiger partial charge in [0.25, 0.3) is 0 Å². The molecule has 2 atom stereocenters. The van der Waals surface area contributed by atoms with E-state index in [1.54, 1.807) is 0 Å². The Bertz CT molecular complexity index is 704. The van der Waals surface area contributed by atoms with E-state index in [-0.39, 0.29) is 17.9 Å². The standard InChI is InChI=1S/C16H23N5O3/c1-9(7-13-10(2)20-24-11(13)3)16(22)21-5-6-23-14(8-21)15-17-12(4)18-19-15/h9,14H,5-8H2,1-4H3,(H,17,18,19)/t9-,14-/m1/s1. The number of morpholine rings is 1. The largest absolute Gasteiger partial charge is 0.366 e. The molecule has 2 aromatic rings. The van der Waals surface area contributed by atoms with E-state index in [0.717, 1.165) is 22.8 Å². The SMILES string of the molecule is Cc1nc([C@H]2CN(C(=O)[C@H](C)Cc3c(C)noc3C)CCO2)n[nH]1. The molecule has 0 bridgehead atoms. The molecule has 1 aliphatic heterocycles. The molecule has 1 amide bonds. The molecule has 0 unspecified atom stereocenters. The minimum Gasteiger partial charge on any atom is -0.366 e. The number of ether oxygens (including phenoxy) is 1. The van der Waals surface area contributed by atoms with Crippen LogP contribution in [0.15, 0.2) is 4.52 Å². The molecule has 1 fully saturated rings. The second kappa shape index (κ2) is 6.72. The quantitative estimate of drug-likeness (QED) is 0.910. The summed E-state index contributed by atoms with van der Waals surface area (Å²) < 4.78 is 10.9. The second-order valence-electron chi connectivity index (χ2n) is 6.33. The van der Waals surface area contributed by atoms with Crippen molar-refractivity contribution in [3.8, 4) is 0 Å². The van der Waals surface area contributed by atoms with Crippen LogP contribution in [-0.2, 0) is 16.0 Å². The number of carbonyl (C=O) groups is 1. The zero-order chi connectivity index (χ0) is 17.3. The minimum absolute atomic E-state index is 0.107. The lowest BCUT2D eigenvalue weighted by atomic mass is 9.98. The van der Waals surface area contributed by atoms with Gasteiger partial charge in [-0.1, -0.05) is 12.1 Å². The number of H-pyrrole nitrogens is 1. The number of amides is 1. The number of aromatic nitrogens is 4. The third-order valence-electron chi connectivity index (χ3n) is 4.39. The highest BCUT2D eigenvalue weighted by Gasteiger charge is 2.30. The fourth-order valence-corrected chi connectivity index (χ4v) is 3.01. The molecule has 3 heterocycles. The molecule has 24 heavy (non-hydrogen) atoms. The summed E-state index contributed by atoms with van der Waals surface area (Å²) in [6.45, 7) is 9.11. The molecule has 8 nitrogen and oxygen atoms in total. The van der Waals surface area contributed by atoms with Crippen LogP contribution in [-0.4, -0.2) is 50.8 Å². The average Bonchev–Trinajstić information content (AvgIpc) is 3.15. The summed E-state index contributed by atoms with van der Waals surface area (Å²) in [5.41, 5.74) is 1.87. The molecule has 8 heteroatoms. The summed E-state index contributed by atoms with van der Waals surface area (Å²) in [5.74, 6) is 2.08. The van der Waals surface area contributed by atoms with Crippen molar-refractivity contribution in [1.29, 1.82) is 0 Å². The van der Waals surface area contributed by atoms with E-state index in [4.69, 9.17) is 9.26 Å². The Labute approximate surface area is 140 Å². The van der Waals surface area contributed by atoms with E-state index in [9.17, 15) is 4.79 Å². The molecular formula is C16H23N5O3. The van der Waals surface area contributed by atoms with Crippen molar-refractivity contribution in [2.45, 2.75) is 40.2 Å². The highest BCUT2D eigenvalue weighted by atomic mass is 16.5. The predicted molar refractivity (Wildman–Crippen MR) is 85.2 cm³/mol. The van der Waals surface area contributed by atoms with Crippen LogP contribution in [0.1, 0.15) is 41.7 Å². The third-order valence-corrected chi connectivity index (χ3v) is 4.39. The lowest BCUT2D eigenvalue weighted by Crippen LogP contribution is -2.45. The van der Waals surface area contributed by atoms with Crippen LogP contribution in [0, 0.1) is 26.7 Å². The fraction of sp³-hybridized carbons (Fsp3) is 0.625. The summed E-state index contributed by atoms with van der Waals surface area (Å²) in [5, 5.41) is 10.9. The molecule has 1 N–H and O–H groups in total. The van der Waals surface area contributed by atoms with Crippen LogP contribution < -0.4 is 0 Å². The molecule has 3 rings (SSSR count). The summed E-state index contributed by atoms with van der Waals surface area (Å²) in [4.78, 5) is 18.9. The molecule has 0 saturated carbocycles. The predicted octanol–water partition coefficient (Wildman–Crippen LogP) is 1.50. The summed E-state index contributed by atoms with van der Waals surface area (Å²) in [6.07, 6.45) is 0.348. The van der Waals surface area contributed by atoms with Gasteiger partial charge in [0.2, 0.25) is 5.91 Å². The number of aryl methyl sites for hydroxylation is 3. The number of hydrogen-bond acceptors (Lipinski definition) is 6. The van der Waals surface area contributed by atoms with Gasteiger partial charge in [-0.05, 0) is 27.2 Å². The Morgan fingerprint density at radius 3 is 2.83 bits per heavy atom. The van der Waals surface area contributed by atoms with E-state index >= 15 is 0 Å². The Balaban J connectivity index is 1.65. The lowest BCUT2D eigenvalue weighted by Gasteiger charge is -2.33. The van der Waals surface area contributed by atoms with Crippen LogP contribution in [0.2, 0.25) is 0 Å². The molecular weight excluding hydrogens is 310 g/mol. The van der Waals surface area contributed by atoms with Gasteiger partial charge in [-0.3, -0.25) is 9.89 Å². The molecule has 130 valence electrons. The second-order valence-corrected chi connectivity index (χ2v) is 6.33. The molecule has 2 aromatic heterocycles. The maximum Gasteiger partial charge on any atom is 0.225 e. The maximum atomic E-state index is 12.8. The van der Waals surface area contributed by atoms with Crippen LogP contribution in [0.5, 0.6) is 0 Å². The monoisotopic (exact) mass is 333 g/mol. The first-order valence-electron chi connectivity index (χ1n) is 8.16. The Morgan fingerprint density at radius 2 is 2.21 bits per heavy atom. The van der Waals surface area contributed by atoms with Gasteiger partial charge >= 0.3 is 0 Å². The van der Waals surface area contributed by atoms with Crippen molar-refractivity contribution >= 4 is 5.91 Å². The Hall–Kier alpha value is -2.22. The zero-order valence-corrected chi connectivity index (χ0v) is 14.5. The van der Waals surface area contributed by atoms with Crippen molar-refractivity contribution in [3.63, 3.8) is 0 Å². The van der Waals surface area contributed by atoms with Crippen molar-refractivity contribution in [3.05, 3.63) is 28.7 Å². The molecule has 1 aliphatic rings. The summed E-state index contributed by atoms with van der Waals surface area (Å²) in [6, 6.07) is 0. The molecule has 0 spiro atoms. The van der Waals surface area contributed by atoms with Crippen LogP contribution in [0.3, 0.4) is 0 Å². The van der Waals surface area contributed by atoms with E-state index in [2.05, 4.69) is 20.3 Å². The maximum absolute atomic E-state index is 12.8. The third kappa shape index (κ3) is 3.33. The molecule has 0 radical (unpaired) electrons. The van der Waals surface area contributed by atoms with Gasteiger partial charge in [-0.25, -0.2) is 4.98 Å². The van der Waals surface area contributed by atoms with Crippen molar-refractivity contribution < 1.29 is 14.1 Å². The highest BCUT2D eigenvalue weighted by Crippen LogP contribution is 2.23. The van der Waals surface area contributed by atoms with Crippen molar-refractivity contribution in [1.82, 2.24) is 25.2 Å². The lowest BCUT2D eigenvalue weighted by molar-refractivity contribution is -0.143. The Kier molecular flexibility index (Phi) is 4.66. The average molecular weight is 333 g/mol. The first-order valence-corrected chi connectivity index (χ1v) is 8.16. The van der Waals surface area contributed by atoms with Crippen molar-refractivity contribution in [2.24, 2.45) is 5.92 Å². The minimum atomic E-state index is -0.279. The number of rotatable bonds is 4. The van der Waals surface area contributed by atoms with Gasteiger partial charge in [-0.15, -0.1) is 0 Å². The van der Waals surface area contributed by atoms with Gasteiger partial charge in [0, 0.05) is 18.0 Å². The number of hydrogen-bond donors (Lipinski definition) is 1. The van der Waals surface area contributed by atoms with E-state index in [0.29, 0.717) is 31.9 Å². The van der Waals surface area contributed by atoms with Gasteiger partial charge in [0.15, 0.2) is 5.82 Å². The summed E-state index contributed by atoms with van der Waals surface area (Å²) in [7, 11) is 0. The fourth-order valence-electron chi connectivity index (χ4n) is 3.01. The van der Waals surface area contributed by atoms with Crippen LogP contribution >= 0.6 is 0 Å². The number of carbonyl (C=O) groups excluding carboxylic acids is 1. The molecule has 0 aromatic carbocycles. The smallest absolute Gasteiger partial charge is 0.225 e.